The van der Waals surface area contributed by atoms with Crippen LogP contribution in [0.2, 0.25) is 0 Å². The van der Waals surface area contributed by atoms with Crippen molar-refractivity contribution >= 4 is 21.7 Å². The smallest absolute Gasteiger partial charge is 0.123 e. The van der Waals surface area contributed by atoms with Gasteiger partial charge in [-0.2, -0.15) is 0 Å². The summed E-state index contributed by atoms with van der Waals surface area (Å²) in [5.41, 5.74) is 6.89. The van der Waals surface area contributed by atoms with E-state index in [1.54, 1.807) is 12.1 Å². The molecule has 1 aromatic rings. The van der Waals surface area contributed by atoms with Gasteiger partial charge in [-0.3, -0.25) is 0 Å². The number of nitrogen functional groups attached to an aromatic ring is 1. The normalized spacial score (nSPS) is 14.9. The van der Waals surface area contributed by atoms with Gasteiger partial charge in [0, 0.05) is 5.33 Å². The minimum absolute atomic E-state index is 0.357. The molecule has 0 aromatic carbocycles. The molecule has 2 unspecified atom stereocenters. The number of anilines is 1. The number of hydrogen-bond acceptors (Lipinski definition) is 4. The first kappa shape index (κ1) is 12.4. The van der Waals surface area contributed by atoms with Crippen LogP contribution in [-0.2, 0) is 0 Å². The fourth-order valence-electron chi connectivity index (χ4n) is 1.34. The van der Waals surface area contributed by atoms with Crippen LogP contribution in [0, 0.1) is 6.92 Å². The Morgan fingerprint density at radius 1 is 1.47 bits per heavy atom. The number of aliphatic hydroxyl groups is 2. The maximum absolute atomic E-state index is 9.78. The van der Waals surface area contributed by atoms with Gasteiger partial charge in [-0.15, -0.1) is 0 Å². The number of pyridine rings is 1. The number of nitrogens with zero attached hydrogens (tertiary/aromatic N) is 1. The van der Waals surface area contributed by atoms with Crippen LogP contribution < -0.4 is 5.73 Å². The molecule has 0 radical (unpaired) electrons. The number of aromatic nitrogens is 1. The van der Waals surface area contributed by atoms with Gasteiger partial charge in [0.2, 0.25) is 0 Å². The molecule has 2 atom stereocenters. The molecule has 15 heavy (non-hydrogen) atoms. The predicted octanol–water partition coefficient (Wildman–Crippen LogP) is 1.15. The Balaban J connectivity index is 2.85. The predicted molar refractivity (Wildman–Crippen MR) is 62.8 cm³/mol. The van der Waals surface area contributed by atoms with Crippen LogP contribution in [0.5, 0.6) is 0 Å². The number of halogens is 1. The molecule has 0 spiro atoms. The van der Waals surface area contributed by atoms with E-state index in [0.717, 1.165) is 5.56 Å². The lowest BCUT2D eigenvalue weighted by atomic mass is 10.1. The highest BCUT2D eigenvalue weighted by Gasteiger charge is 2.19. The molecule has 84 valence electrons. The van der Waals surface area contributed by atoms with E-state index >= 15 is 0 Å². The van der Waals surface area contributed by atoms with Crippen molar-refractivity contribution in [2.45, 2.75) is 25.6 Å². The van der Waals surface area contributed by atoms with Crippen molar-refractivity contribution < 1.29 is 10.2 Å². The number of hydrogen-bond donors (Lipinski definition) is 3. The highest BCUT2D eigenvalue weighted by molar-refractivity contribution is 9.09. The van der Waals surface area contributed by atoms with E-state index in [4.69, 9.17) is 5.73 Å². The minimum Gasteiger partial charge on any atom is -0.390 e. The van der Waals surface area contributed by atoms with Gasteiger partial charge in [0.05, 0.1) is 11.8 Å². The number of aliphatic hydroxyl groups excluding tert-OH is 2. The Morgan fingerprint density at radius 2 is 2.13 bits per heavy atom. The lowest BCUT2D eigenvalue weighted by Crippen LogP contribution is -2.20. The lowest BCUT2D eigenvalue weighted by Gasteiger charge is -2.17. The first-order valence-electron chi connectivity index (χ1n) is 4.70. The Kier molecular flexibility index (Phi) is 4.50. The first-order valence-corrected chi connectivity index (χ1v) is 5.83. The maximum Gasteiger partial charge on any atom is 0.123 e. The lowest BCUT2D eigenvalue weighted by molar-refractivity contribution is 0.0149. The van der Waals surface area contributed by atoms with Crippen LogP contribution in [-0.4, -0.2) is 26.6 Å². The second kappa shape index (κ2) is 5.44. The van der Waals surface area contributed by atoms with Crippen LogP contribution in [0.1, 0.15) is 23.8 Å². The average molecular weight is 275 g/mol. The van der Waals surface area contributed by atoms with Gasteiger partial charge >= 0.3 is 0 Å². The third-order valence-corrected chi connectivity index (χ3v) is 2.54. The van der Waals surface area contributed by atoms with Crippen molar-refractivity contribution in [3.8, 4) is 0 Å². The molecule has 1 aromatic heterocycles. The Hall–Kier alpha value is -0.650. The largest absolute Gasteiger partial charge is 0.390 e. The Bertz CT molecular complexity index is 313. The maximum atomic E-state index is 9.78. The zero-order valence-electron chi connectivity index (χ0n) is 8.52. The van der Waals surface area contributed by atoms with Crippen molar-refractivity contribution in [1.82, 2.24) is 4.98 Å². The summed E-state index contributed by atoms with van der Waals surface area (Å²) in [7, 11) is 0. The van der Waals surface area contributed by atoms with E-state index in [-0.39, 0.29) is 0 Å². The fraction of sp³-hybridized carbons (Fsp3) is 0.500. The molecule has 0 saturated carbocycles. The zero-order valence-corrected chi connectivity index (χ0v) is 10.1. The molecule has 1 rings (SSSR count). The summed E-state index contributed by atoms with van der Waals surface area (Å²) in [5.74, 6) is 0.357. The number of alkyl halides is 1. The van der Waals surface area contributed by atoms with Gasteiger partial charge in [-0.25, -0.2) is 4.98 Å². The molecule has 0 fully saturated rings. The second-order valence-electron chi connectivity index (χ2n) is 3.48. The summed E-state index contributed by atoms with van der Waals surface area (Å²) in [6.45, 7) is 1.87. The van der Waals surface area contributed by atoms with Gasteiger partial charge in [-0.05, 0) is 31.0 Å². The Morgan fingerprint density at radius 3 is 2.67 bits per heavy atom. The van der Waals surface area contributed by atoms with Crippen molar-refractivity contribution in [3.05, 3.63) is 23.4 Å². The first-order chi connectivity index (χ1) is 7.04. The summed E-state index contributed by atoms with van der Waals surface area (Å²) in [6.07, 6.45) is -1.33. The molecule has 1 heterocycles. The third kappa shape index (κ3) is 3.44. The van der Waals surface area contributed by atoms with E-state index in [0.29, 0.717) is 23.3 Å². The highest BCUT2D eigenvalue weighted by atomic mass is 79.9. The highest BCUT2D eigenvalue weighted by Crippen LogP contribution is 2.19. The van der Waals surface area contributed by atoms with Crippen LogP contribution >= 0.6 is 15.9 Å². The van der Waals surface area contributed by atoms with E-state index < -0.39 is 12.2 Å². The summed E-state index contributed by atoms with van der Waals surface area (Å²) in [4.78, 5) is 3.99. The van der Waals surface area contributed by atoms with Gasteiger partial charge in [-0.1, -0.05) is 15.9 Å². The molecule has 0 aliphatic carbocycles. The van der Waals surface area contributed by atoms with Gasteiger partial charge < -0.3 is 15.9 Å². The van der Waals surface area contributed by atoms with E-state index in [1.165, 1.54) is 0 Å². The van der Waals surface area contributed by atoms with Crippen molar-refractivity contribution in [1.29, 1.82) is 0 Å². The molecule has 0 aliphatic rings. The van der Waals surface area contributed by atoms with Crippen LogP contribution in [0.4, 0.5) is 5.82 Å². The van der Waals surface area contributed by atoms with Crippen LogP contribution in [0.25, 0.3) is 0 Å². The summed E-state index contributed by atoms with van der Waals surface area (Å²) < 4.78 is 0. The van der Waals surface area contributed by atoms with Crippen molar-refractivity contribution in [2.24, 2.45) is 0 Å². The second-order valence-corrected chi connectivity index (χ2v) is 4.28. The topological polar surface area (TPSA) is 79.4 Å². The molecular formula is C10H15BrN2O2. The van der Waals surface area contributed by atoms with E-state index in [2.05, 4.69) is 20.9 Å². The van der Waals surface area contributed by atoms with Crippen LogP contribution in [0.3, 0.4) is 0 Å². The molecule has 0 amide bonds. The van der Waals surface area contributed by atoms with Crippen molar-refractivity contribution in [2.75, 3.05) is 11.1 Å². The number of nitrogens with two attached hydrogens (primary N) is 1. The molecular weight excluding hydrogens is 260 g/mol. The average Bonchev–Trinajstić information content (AvgIpc) is 2.15. The molecule has 0 aliphatic heterocycles. The quantitative estimate of drug-likeness (QED) is 0.720. The Labute approximate surface area is 97.3 Å². The molecule has 0 saturated heterocycles. The number of rotatable bonds is 4. The van der Waals surface area contributed by atoms with Gasteiger partial charge in [0.25, 0.3) is 0 Å². The van der Waals surface area contributed by atoms with Gasteiger partial charge in [0.15, 0.2) is 0 Å². The monoisotopic (exact) mass is 274 g/mol. The number of aryl methyl sites for hydroxylation is 1. The third-order valence-electron chi connectivity index (χ3n) is 2.08. The standard InChI is InChI=1S/C10H15BrN2O2/c1-6-4-7(13-9(12)5-6)10(15)8(14)2-3-11/h4-5,8,10,14-15H,2-3H2,1H3,(H2,12,13). The van der Waals surface area contributed by atoms with Crippen molar-refractivity contribution in [3.63, 3.8) is 0 Å². The summed E-state index contributed by atoms with van der Waals surface area (Å²) in [6, 6.07) is 3.44. The fourth-order valence-corrected chi connectivity index (χ4v) is 1.81. The zero-order chi connectivity index (χ0) is 11.4. The molecule has 4 N–H and O–H groups in total. The van der Waals surface area contributed by atoms with Gasteiger partial charge in [0.1, 0.15) is 11.9 Å². The van der Waals surface area contributed by atoms with E-state index in [9.17, 15) is 10.2 Å². The molecule has 5 heteroatoms. The minimum atomic E-state index is -0.982. The molecule has 4 nitrogen and oxygen atoms in total. The molecule has 0 bridgehead atoms. The SMILES string of the molecule is Cc1cc(N)nc(C(O)C(O)CCBr)c1. The summed E-state index contributed by atoms with van der Waals surface area (Å²) >= 11 is 3.20. The van der Waals surface area contributed by atoms with E-state index in [1.807, 2.05) is 6.92 Å². The van der Waals surface area contributed by atoms with Crippen LogP contribution in [0.15, 0.2) is 12.1 Å². The summed E-state index contributed by atoms with van der Waals surface area (Å²) in [5, 5.41) is 20.0.